The summed E-state index contributed by atoms with van der Waals surface area (Å²) in [6.45, 7) is 2.44. The number of nitrogens with two attached hydrogens (primary N) is 1. The standard InChI is InChI=1S/C12H17FN2O/c1-9(14)5-4-8-15-12(16)10-6-2-3-7-11(10)13/h2-3,6-7,9H,4-5,8,14H2,1H3,(H,15,16). The van der Waals surface area contributed by atoms with Gasteiger partial charge >= 0.3 is 0 Å². The molecule has 0 fully saturated rings. The van der Waals surface area contributed by atoms with Crippen LogP contribution in [0.25, 0.3) is 0 Å². The summed E-state index contributed by atoms with van der Waals surface area (Å²) in [6.07, 6.45) is 1.65. The van der Waals surface area contributed by atoms with Crippen LogP contribution in [0, 0.1) is 5.82 Å². The van der Waals surface area contributed by atoms with E-state index in [1.165, 1.54) is 12.1 Å². The second-order valence-electron chi connectivity index (χ2n) is 3.86. The van der Waals surface area contributed by atoms with Gasteiger partial charge in [0, 0.05) is 12.6 Å². The molecule has 0 radical (unpaired) electrons. The fourth-order valence-electron chi connectivity index (χ4n) is 1.37. The Morgan fingerprint density at radius 2 is 2.19 bits per heavy atom. The summed E-state index contributed by atoms with van der Waals surface area (Å²) in [6, 6.07) is 6.07. The van der Waals surface area contributed by atoms with Gasteiger partial charge in [0.2, 0.25) is 0 Å². The molecule has 1 unspecified atom stereocenters. The Kier molecular flexibility index (Phi) is 4.92. The van der Waals surface area contributed by atoms with E-state index >= 15 is 0 Å². The molecular formula is C12H17FN2O. The van der Waals surface area contributed by atoms with Gasteiger partial charge in [0.05, 0.1) is 5.56 Å². The lowest BCUT2D eigenvalue weighted by Crippen LogP contribution is -2.26. The molecule has 0 aliphatic heterocycles. The third-order valence-electron chi connectivity index (χ3n) is 2.24. The Morgan fingerprint density at radius 1 is 1.50 bits per heavy atom. The van der Waals surface area contributed by atoms with Crippen LogP contribution in [-0.4, -0.2) is 18.5 Å². The van der Waals surface area contributed by atoms with Gasteiger partial charge in [0.1, 0.15) is 5.82 Å². The van der Waals surface area contributed by atoms with Gasteiger partial charge in [-0.3, -0.25) is 4.79 Å². The highest BCUT2D eigenvalue weighted by Gasteiger charge is 2.09. The fraction of sp³-hybridized carbons (Fsp3) is 0.417. The minimum absolute atomic E-state index is 0.0864. The van der Waals surface area contributed by atoms with E-state index in [2.05, 4.69) is 5.32 Å². The molecule has 1 atom stereocenters. The zero-order chi connectivity index (χ0) is 12.0. The molecule has 0 bridgehead atoms. The van der Waals surface area contributed by atoms with Crippen LogP contribution in [0.1, 0.15) is 30.1 Å². The van der Waals surface area contributed by atoms with Crippen molar-refractivity contribution >= 4 is 5.91 Å². The van der Waals surface area contributed by atoms with E-state index in [0.717, 1.165) is 12.8 Å². The predicted molar refractivity (Wildman–Crippen MR) is 61.6 cm³/mol. The van der Waals surface area contributed by atoms with Crippen LogP contribution in [0.15, 0.2) is 24.3 Å². The molecule has 3 nitrogen and oxygen atoms in total. The molecule has 0 heterocycles. The first-order valence-corrected chi connectivity index (χ1v) is 5.39. The predicted octanol–water partition coefficient (Wildman–Crippen LogP) is 1.68. The Labute approximate surface area is 94.8 Å². The normalized spacial score (nSPS) is 12.2. The van der Waals surface area contributed by atoms with Crippen molar-refractivity contribution in [1.82, 2.24) is 5.32 Å². The van der Waals surface area contributed by atoms with Gasteiger partial charge < -0.3 is 11.1 Å². The molecule has 0 aliphatic carbocycles. The second kappa shape index (κ2) is 6.23. The number of hydrogen-bond acceptors (Lipinski definition) is 2. The summed E-state index contributed by atoms with van der Waals surface area (Å²) in [5, 5.41) is 2.66. The van der Waals surface area contributed by atoms with Crippen molar-refractivity contribution < 1.29 is 9.18 Å². The van der Waals surface area contributed by atoms with Crippen molar-refractivity contribution in [2.75, 3.05) is 6.54 Å². The maximum Gasteiger partial charge on any atom is 0.254 e. The van der Waals surface area contributed by atoms with Crippen LogP contribution in [0.5, 0.6) is 0 Å². The Bertz CT molecular complexity index is 353. The number of amides is 1. The molecule has 16 heavy (non-hydrogen) atoms. The highest BCUT2D eigenvalue weighted by atomic mass is 19.1. The molecule has 1 amide bonds. The lowest BCUT2D eigenvalue weighted by Gasteiger charge is -2.07. The topological polar surface area (TPSA) is 55.1 Å². The summed E-state index contributed by atoms with van der Waals surface area (Å²) in [5.74, 6) is -0.866. The summed E-state index contributed by atoms with van der Waals surface area (Å²) in [5.41, 5.74) is 5.66. The molecule has 88 valence electrons. The van der Waals surface area contributed by atoms with Gasteiger partial charge in [-0.2, -0.15) is 0 Å². The molecule has 1 aromatic carbocycles. The Morgan fingerprint density at radius 3 is 2.81 bits per heavy atom. The summed E-state index contributed by atoms with van der Waals surface area (Å²) >= 11 is 0. The molecular weight excluding hydrogens is 207 g/mol. The first-order valence-electron chi connectivity index (χ1n) is 5.39. The quantitative estimate of drug-likeness (QED) is 0.748. The van der Waals surface area contributed by atoms with Crippen LogP contribution in [-0.2, 0) is 0 Å². The molecule has 1 aromatic rings. The van der Waals surface area contributed by atoms with Crippen molar-refractivity contribution in [3.05, 3.63) is 35.6 Å². The summed E-state index contributed by atoms with van der Waals surface area (Å²) in [7, 11) is 0. The van der Waals surface area contributed by atoms with Crippen LogP contribution in [0.2, 0.25) is 0 Å². The van der Waals surface area contributed by atoms with Gasteiger partial charge in [-0.05, 0) is 31.9 Å². The molecule has 3 N–H and O–H groups in total. The number of hydrogen-bond donors (Lipinski definition) is 2. The molecule has 0 saturated heterocycles. The van der Waals surface area contributed by atoms with E-state index in [-0.39, 0.29) is 17.5 Å². The SMILES string of the molecule is CC(N)CCCNC(=O)c1ccccc1F. The van der Waals surface area contributed by atoms with E-state index in [0.29, 0.717) is 6.54 Å². The average molecular weight is 224 g/mol. The lowest BCUT2D eigenvalue weighted by atomic mass is 10.2. The monoisotopic (exact) mass is 224 g/mol. The van der Waals surface area contributed by atoms with E-state index in [1.54, 1.807) is 12.1 Å². The third kappa shape index (κ3) is 3.98. The minimum atomic E-state index is -0.493. The Balaban J connectivity index is 2.39. The van der Waals surface area contributed by atoms with Crippen molar-refractivity contribution in [2.24, 2.45) is 5.73 Å². The molecule has 0 spiro atoms. The number of carbonyl (C=O) groups excluding carboxylic acids is 1. The van der Waals surface area contributed by atoms with Crippen molar-refractivity contribution in [2.45, 2.75) is 25.8 Å². The number of rotatable bonds is 5. The largest absolute Gasteiger partial charge is 0.352 e. The zero-order valence-corrected chi connectivity index (χ0v) is 9.37. The first kappa shape index (κ1) is 12.6. The minimum Gasteiger partial charge on any atom is -0.352 e. The lowest BCUT2D eigenvalue weighted by molar-refractivity contribution is 0.0948. The smallest absolute Gasteiger partial charge is 0.254 e. The van der Waals surface area contributed by atoms with Crippen LogP contribution < -0.4 is 11.1 Å². The van der Waals surface area contributed by atoms with Gasteiger partial charge in [0.15, 0.2) is 0 Å². The molecule has 0 aliphatic rings. The highest BCUT2D eigenvalue weighted by molar-refractivity contribution is 5.94. The fourth-order valence-corrected chi connectivity index (χ4v) is 1.37. The van der Waals surface area contributed by atoms with E-state index in [9.17, 15) is 9.18 Å². The van der Waals surface area contributed by atoms with Crippen LogP contribution in [0.4, 0.5) is 4.39 Å². The molecule has 1 rings (SSSR count). The number of halogens is 1. The number of nitrogens with one attached hydrogen (secondary N) is 1. The number of carbonyl (C=O) groups is 1. The van der Waals surface area contributed by atoms with Crippen molar-refractivity contribution in [3.63, 3.8) is 0 Å². The molecule has 4 heteroatoms. The maximum atomic E-state index is 13.2. The first-order chi connectivity index (χ1) is 7.61. The van der Waals surface area contributed by atoms with Gasteiger partial charge in [-0.25, -0.2) is 4.39 Å². The van der Waals surface area contributed by atoms with Crippen molar-refractivity contribution in [3.8, 4) is 0 Å². The average Bonchev–Trinajstić information content (AvgIpc) is 2.24. The molecule has 0 saturated carbocycles. The Hall–Kier alpha value is -1.42. The third-order valence-corrected chi connectivity index (χ3v) is 2.24. The van der Waals surface area contributed by atoms with Gasteiger partial charge in [-0.1, -0.05) is 12.1 Å². The summed E-state index contributed by atoms with van der Waals surface area (Å²) in [4.78, 5) is 11.5. The van der Waals surface area contributed by atoms with E-state index in [1.807, 2.05) is 6.92 Å². The second-order valence-corrected chi connectivity index (χ2v) is 3.86. The van der Waals surface area contributed by atoms with E-state index in [4.69, 9.17) is 5.73 Å². The van der Waals surface area contributed by atoms with E-state index < -0.39 is 5.82 Å². The van der Waals surface area contributed by atoms with Crippen LogP contribution in [0.3, 0.4) is 0 Å². The van der Waals surface area contributed by atoms with Crippen molar-refractivity contribution in [1.29, 1.82) is 0 Å². The number of benzene rings is 1. The molecule has 0 aromatic heterocycles. The highest BCUT2D eigenvalue weighted by Crippen LogP contribution is 2.05. The zero-order valence-electron chi connectivity index (χ0n) is 9.37. The van der Waals surface area contributed by atoms with Gasteiger partial charge in [0.25, 0.3) is 5.91 Å². The summed E-state index contributed by atoms with van der Waals surface area (Å²) < 4.78 is 13.2. The van der Waals surface area contributed by atoms with Crippen LogP contribution >= 0.6 is 0 Å². The maximum absolute atomic E-state index is 13.2. The van der Waals surface area contributed by atoms with Gasteiger partial charge in [-0.15, -0.1) is 0 Å².